The summed E-state index contributed by atoms with van der Waals surface area (Å²) in [5.41, 5.74) is 8.14. The van der Waals surface area contributed by atoms with E-state index < -0.39 is 0 Å². The lowest BCUT2D eigenvalue weighted by molar-refractivity contribution is -0.123. The Morgan fingerprint density at radius 3 is 2.20 bits per heavy atom. The highest BCUT2D eigenvalue weighted by Crippen LogP contribution is 2.21. The molecule has 4 N–H and O–H groups in total. The van der Waals surface area contributed by atoms with Crippen molar-refractivity contribution in [1.82, 2.24) is 9.80 Å². The summed E-state index contributed by atoms with van der Waals surface area (Å²) in [6.07, 6.45) is 4.17. The predicted octanol–water partition coefficient (Wildman–Crippen LogP) is 3.31. The molecule has 4 rings (SSSR count). The summed E-state index contributed by atoms with van der Waals surface area (Å²) in [7, 11) is 0. The van der Waals surface area contributed by atoms with Crippen LogP contribution in [0.25, 0.3) is 0 Å². The predicted molar refractivity (Wildman–Crippen MR) is 137 cm³/mol. The van der Waals surface area contributed by atoms with Gasteiger partial charge in [-0.05, 0) is 75.0 Å². The van der Waals surface area contributed by atoms with Gasteiger partial charge in [0.1, 0.15) is 0 Å². The van der Waals surface area contributed by atoms with Crippen molar-refractivity contribution in [3.8, 4) is 0 Å². The molecule has 2 aliphatic rings. The Morgan fingerprint density at radius 2 is 1.51 bits per heavy atom. The van der Waals surface area contributed by atoms with E-state index in [2.05, 4.69) is 15.5 Å². The Bertz CT molecular complexity index is 1000. The van der Waals surface area contributed by atoms with Crippen molar-refractivity contribution in [2.24, 2.45) is 17.6 Å². The van der Waals surface area contributed by atoms with Gasteiger partial charge in [0.2, 0.25) is 11.8 Å². The third-order valence-corrected chi connectivity index (χ3v) is 7.03. The first-order valence-corrected chi connectivity index (χ1v) is 12.5. The number of amides is 4. The van der Waals surface area contributed by atoms with Crippen LogP contribution < -0.4 is 16.4 Å². The molecule has 0 aromatic heterocycles. The number of nitrogens with two attached hydrogens (primary N) is 1. The van der Waals surface area contributed by atoms with E-state index in [1.165, 1.54) is 5.56 Å². The standard InChI is InChI=1S/C27H35N5O3/c28-25(33)21-13-17-31(18-14-21)16-12-20-8-10-24(11-9-20)29-26(34)22-5-4-15-32(19-22)27(35)30-23-6-2-1-3-7-23/h1-3,6-11,21-22H,4-5,12-19H2,(H2,28,33)(H,29,34)(H,30,35). The van der Waals surface area contributed by atoms with Gasteiger partial charge in [-0.15, -0.1) is 0 Å². The maximum atomic E-state index is 12.9. The number of benzene rings is 2. The van der Waals surface area contributed by atoms with E-state index >= 15 is 0 Å². The number of para-hydroxylation sites is 1. The Labute approximate surface area is 206 Å². The van der Waals surface area contributed by atoms with Crippen molar-refractivity contribution in [2.75, 3.05) is 43.4 Å². The highest BCUT2D eigenvalue weighted by Gasteiger charge is 2.28. The summed E-state index contributed by atoms with van der Waals surface area (Å²) in [4.78, 5) is 40.9. The number of piperidine rings is 2. The summed E-state index contributed by atoms with van der Waals surface area (Å²) in [5.74, 6) is -0.442. The van der Waals surface area contributed by atoms with Crippen molar-refractivity contribution >= 4 is 29.2 Å². The summed E-state index contributed by atoms with van der Waals surface area (Å²) in [6, 6.07) is 17.2. The molecule has 0 saturated carbocycles. The molecule has 8 heteroatoms. The third-order valence-electron chi connectivity index (χ3n) is 7.03. The maximum Gasteiger partial charge on any atom is 0.321 e. The fraction of sp³-hybridized carbons (Fsp3) is 0.444. The molecule has 186 valence electrons. The van der Waals surface area contributed by atoms with Crippen LogP contribution in [0.1, 0.15) is 31.2 Å². The largest absolute Gasteiger partial charge is 0.369 e. The van der Waals surface area contributed by atoms with Gasteiger partial charge in [-0.1, -0.05) is 30.3 Å². The minimum atomic E-state index is -0.228. The van der Waals surface area contributed by atoms with E-state index in [9.17, 15) is 14.4 Å². The normalized spacial score (nSPS) is 19.2. The van der Waals surface area contributed by atoms with Gasteiger partial charge < -0.3 is 26.2 Å². The first-order chi connectivity index (χ1) is 17.0. The van der Waals surface area contributed by atoms with E-state index in [1.807, 2.05) is 54.6 Å². The van der Waals surface area contributed by atoms with Crippen molar-refractivity contribution in [3.63, 3.8) is 0 Å². The van der Waals surface area contributed by atoms with Crippen LogP contribution in [0.2, 0.25) is 0 Å². The SMILES string of the molecule is NC(=O)C1CCN(CCc2ccc(NC(=O)C3CCCN(C(=O)Nc4ccccc4)C3)cc2)CC1. The molecule has 2 aromatic carbocycles. The lowest BCUT2D eigenvalue weighted by Crippen LogP contribution is -2.45. The van der Waals surface area contributed by atoms with Gasteiger partial charge in [-0.3, -0.25) is 9.59 Å². The third kappa shape index (κ3) is 7.05. The summed E-state index contributed by atoms with van der Waals surface area (Å²) >= 11 is 0. The number of likely N-dealkylation sites (tertiary alicyclic amines) is 2. The van der Waals surface area contributed by atoms with Crippen LogP contribution in [-0.4, -0.2) is 60.4 Å². The van der Waals surface area contributed by atoms with E-state index in [4.69, 9.17) is 5.73 Å². The average molecular weight is 478 g/mol. The number of carbonyl (C=O) groups excluding carboxylic acids is 3. The quantitative estimate of drug-likeness (QED) is 0.569. The minimum absolute atomic E-state index is 0.0173. The molecule has 4 amide bonds. The minimum Gasteiger partial charge on any atom is -0.369 e. The second-order valence-corrected chi connectivity index (χ2v) is 9.54. The fourth-order valence-electron chi connectivity index (χ4n) is 4.83. The van der Waals surface area contributed by atoms with Gasteiger partial charge in [-0.25, -0.2) is 4.79 Å². The second-order valence-electron chi connectivity index (χ2n) is 9.54. The van der Waals surface area contributed by atoms with Crippen LogP contribution in [-0.2, 0) is 16.0 Å². The summed E-state index contributed by atoms with van der Waals surface area (Å²) < 4.78 is 0. The molecule has 1 atom stereocenters. The zero-order valence-electron chi connectivity index (χ0n) is 20.1. The molecular formula is C27H35N5O3. The first kappa shape index (κ1) is 24.7. The van der Waals surface area contributed by atoms with E-state index in [0.29, 0.717) is 13.1 Å². The monoisotopic (exact) mass is 477 g/mol. The lowest BCUT2D eigenvalue weighted by Gasteiger charge is -2.32. The van der Waals surface area contributed by atoms with Crippen LogP contribution >= 0.6 is 0 Å². The van der Waals surface area contributed by atoms with Crippen LogP contribution in [0, 0.1) is 11.8 Å². The molecule has 2 saturated heterocycles. The van der Waals surface area contributed by atoms with Crippen LogP contribution in [0.3, 0.4) is 0 Å². The number of carbonyl (C=O) groups is 3. The topological polar surface area (TPSA) is 108 Å². The molecule has 2 aliphatic heterocycles. The maximum absolute atomic E-state index is 12.9. The smallest absolute Gasteiger partial charge is 0.321 e. The van der Waals surface area contributed by atoms with Crippen LogP contribution in [0.5, 0.6) is 0 Å². The number of anilines is 2. The van der Waals surface area contributed by atoms with Gasteiger partial charge >= 0.3 is 6.03 Å². The fourth-order valence-corrected chi connectivity index (χ4v) is 4.83. The first-order valence-electron chi connectivity index (χ1n) is 12.5. The van der Waals surface area contributed by atoms with Crippen molar-refractivity contribution in [1.29, 1.82) is 0 Å². The number of urea groups is 1. The average Bonchev–Trinajstić information content (AvgIpc) is 2.89. The van der Waals surface area contributed by atoms with Gasteiger partial charge in [-0.2, -0.15) is 0 Å². The Kier molecular flexibility index (Phi) is 8.36. The van der Waals surface area contributed by atoms with Crippen molar-refractivity contribution in [2.45, 2.75) is 32.1 Å². The number of hydrogen-bond acceptors (Lipinski definition) is 4. The molecule has 35 heavy (non-hydrogen) atoms. The molecule has 2 aromatic rings. The van der Waals surface area contributed by atoms with Crippen molar-refractivity contribution in [3.05, 3.63) is 60.2 Å². The molecule has 0 aliphatic carbocycles. The summed E-state index contributed by atoms with van der Waals surface area (Å²) in [5, 5.41) is 5.92. The summed E-state index contributed by atoms with van der Waals surface area (Å²) in [6.45, 7) is 3.82. The molecule has 0 radical (unpaired) electrons. The Morgan fingerprint density at radius 1 is 0.829 bits per heavy atom. The van der Waals surface area contributed by atoms with Gasteiger partial charge in [0.05, 0.1) is 5.92 Å². The molecule has 0 spiro atoms. The van der Waals surface area contributed by atoms with Gasteiger partial charge in [0.15, 0.2) is 0 Å². The highest BCUT2D eigenvalue weighted by atomic mass is 16.2. The number of nitrogens with zero attached hydrogens (tertiary/aromatic N) is 2. The van der Waals surface area contributed by atoms with E-state index in [0.717, 1.165) is 63.1 Å². The number of nitrogens with one attached hydrogen (secondary N) is 2. The molecule has 0 bridgehead atoms. The zero-order chi connectivity index (χ0) is 24.6. The van der Waals surface area contributed by atoms with E-state index in [-0.39, 0.29) is 29.7 Å². The molecule has 2 heterocycles. The zero-order valence-corrected chi connectivity index (χ0v) is 20.1. The number of rotatable bonds is 7. The molecular weight excluding hydrogens is 442 g/mol. The molecule has 2 fully saturated rings. The second kappa shape index (κ2) is 11.8. The molecule has 8 nitrogen and oxygen atoms in total. The van der Waals surface area contributed by atoms with Gasteiger partial charge in [0, 0.05) is 36.9 Å². The van der Waals surface area contributed by atoms with Gasteiger partial charge in [0.25, 0.3) is 0 Å². The Balaban J connectivity index is 1.22. The highest BCUT2D eigenvalue weighted by molar-refractivity contribution is 5.94. The number of primary amides is 1. The lowest BCUT2D eigenvalue weighted by atomic mass is 9.96. The molecule has 1 unspecified atom stereocenters. The Hall–Kier alpha value is -3.39. The van der Waals surface area contributed by atoms with E-state index in [1.54, 1.807) is 4.90 Å². The van der Waals surface area contributed by atoms with Crippen LogP contribution in [0.4, 0.5) is 16.2 Å². The van der Waals surface area contributed by atoms with Crippen LogP contribution in [0.15, 0.2) is 54.6 Å². The number of hydrogen-bond donors (Lipinski definition) is 3. The van der Waals surface area contributed by atoms with Crippen molar-refractivity contribution < 1.29 is 14.4 Å².